The monoisotopic (exact) mass is 519 g/mol. The van der Waals surface area contributed by atoms with Gasteiger partial charge in [0.15, 0.2) is 22.6 Å². The zero-order valence-corrected chi connectivity index (χ0v) is 20.9. The van der Waals surface area contributed by atoms with Crippen LogP contribution in [0.1, 0.15) is 62.8 Å². The third-order valence-electron chi connectivity index (χ3n) is 7.35. The molecule has 2 aromatic heterocycles. The molecule has 3 atom stereocenters. The van der Waals surface area contributed by atoms with Crippen molar-refractivity contribution < 1.29 is 13.2 Å². The van der Waals surface area contributed by atoms with Gasteiger partial charge in [0.05, 0.1) is 11.9 Å². The van der Waals surface area contributed by atoms with Crippen LogP contribution in [0.3, 0.4) is 0 Å². The van der Waals surface area contributed by atoms with Gasteiger partial charge in [0.2, 0.25) is 5.95 Å². The van der Waals surface area contributed by atoms with E-state index in [1.54, 1.807) is 10.9 Å². The van der Waals surface area contributed by atoms with Gasteiger partial charge in [0, 0.05) is 43.2 Å². The van der Waals surface area contributed by atoms with Gasteiger partial charge in [-0.25, -0.2) is 17.9 Å². The molecule has 0 saturated heterocycles. The normalized spacial score (nSPS) is 21.8. The van der Waals surface area contributed by atoms with Gasteiger partial charge < -0.3 is 10.2 Å². The minimum Gasteiger partial charge on any atom is -0.370 e. The van der Waals surface area contributed by atoms with Gasteiger partial charge in [-0.3, -0.25) is 0 Å². The Kier molecular flexibility index (Phi) is 7.32. The molecular formula is C25H29ClF3N7. The van der Waals surface area contributed by atoms with Gasteiger partial charge >= 0.3 is 0 Å². The smallest absolute Gasteiger partial charge is 0.242 e. The lowest BCUT2D eigenvalue weighted by molar-refractivity contribution is 0.435. The van der Waals surface area contributed by atoms with E-state index in [1.807, 2.05) is 6.07 Å². The molecule has 7 nitrogen and oxygen atoms in total. The molecule has 0 bridgehead atoms. The second-order valence-corrected chi connectivity index (χ2v) is 9.93. The Labute approximate surface area is 213 Å². The molecule has 2 aliphatic rings. The van der Waals surface area contributed by atoms with E-state index in [-0.39, 0.29) is 11.6 Å². The molecule has 1 aliphatic heterocycles. The maximum Gasteiger partial charge on any atom is 0.242 e. The maximum absolute atomic E-state index is 14.7. The molecule has 11 heteroatoms. The fourth-order valence-electron chi connectivity index (χ4n) is 5.50. The molecule has 1 fully saturated rings. The first-order chi connectivity index (χ1) is 17.4. The summed E-state index contributed by atoms with van der Waals surface area (Å²) < 4.78 is 44.0. The number of hydrogen-bond donors (Lipinski definition) is 1. The first kappa shape index (κ1) is 24.8. The average Bonchev–Trinajstić information content (AvgIpc) is 3.43. The quantitative estimate of drug-likeness (QED) is 0.412. The number of rotatable bonds is 7. The number of benzene rings is 1. The number of aryl methyl sites for hydroxylation is 1. The van der Waals surface area contributed by atoms with Crippen LogP contribution >= 0.6 is 11.6 Å². The van der Waals surface area contributed by atoms with Crippen molar-refractivity contribution in [3.05, 3.63) is 58.4 Å². The molecule has 192 valence electrons. The minimum atomic E-state index is -1.44. The molecule has 3 aromatic rings. The molecule has 1 unspecified atom stereocenters. The van der Waals surface area contributed by atoms with Crippen molar-refractivity contribution in [2.45, 2.75) is 64.0 Å². The maximum atomic E-state index is 14.7. The van der Waals surface area contributed by atoms with Crippen molar-refractivity contribution in [2.75, 3.05) is 23.3 Å². The van der Waals surface area contributed by atoms with Gasteiger partial charge in [0.1, 0.15) is 5.82 Å². The van der Waals surface area contributed by atoms with Crippen molar-refractivity contribution in [1.29, 1.82) is 0 Å². The predicted molar refractivity (Wildman–Crippen MR) is 132 cm³/mol. The first-order valence-corrected chi connectivity index (χ1v) is 12.9. The van der Waals surface area contributed by atoms with Gasteiger partial charge in [-0.1, -0.05) is 30.5 Å². The molecule has 1 aromatic carbocycles. The number of fused-ring (bicyclic) bond motifs is 1. The minimum absolute atomic E-state index is 0.123. The second kappa shape index (κ2) is 10.6. The van der Waals surface area contributed by atoms with Gasteiger partial charge in [-0.15, -0.1) is 10.2 Å². The van der Waals surface area contributed by atoms with E-state index < -0.39 is 23.4 Å². The SMILES string of the molecule is CCN(C[C@H]1CCC[C@@H]1Nc1nc2n(n1)CCCCC2c1ccc(F)c(F)c1F)c1cnnc(Cl)c1. The summed E-state index contributed by atoms with van der Waals surface area (Å²) in [7, 11) is 0. The van der Waals surface area contributed by atoms with Gasteiger partial charge in [-0.05, 0) is 44.6 Å². The Morgan fingerprint density at radius 3 is 2.78 bits per heavy atom. The number of hydrogen-bond acceptors (Lipinski definition) is 6. The molecule has 36 heavy (non-hydrogen) atoms. The van der Waals surface area contributed by atoms with Crippen LogP contribution in [0, 0.1) is 23.4 Å². The first-order valence-electron chi connectivity index (χ1n) is 12.5. The molecule has 1 aliphatic carbocycles. The van der Waals surface area contributed by atoms with Crippen molar-refractivity contribution in [3.8, 4) is 0 Å². The van der Waals surface area contributed by atoms with Crippen LogP contribution in [-0.4, -0.2) is 44.1 Å². The topological polar surface area (TPSA) is 71.8 Å². The van der Waals surface area contributed by atoms with Crippen molar-refractivity contribution in [1.82, 2.24) is 25.0 Å². The van der Waals surface area contributed by atoms with E-state index in [1.165, 1.54) is 6.07 Å². The Morgan fingerprint density at radius 2 is 1.97 bits per heavy atom. The number of anilines is 2. The fraction of sp³-hybridized carbons (Fsp3) is 0.520. The fourth-order valence-corrected chi connectivity index (χ4v) is 5.65. The van der Waals surface area contributed by atoms with E-state index in [2.05, 4.69) is 32.4 Å². The average molecular weight is 520 g/mol. The van der Waals surface area contributed by atoms with Crippen molar-refractivity contribution in [2.24, 2.45) is 5.92 Å². The van der Waals surface area contributed by atoms with Crippen LogP contribution in [0.5, 0.6) is 0 Å². The van der Waals surface area contributed by atoms with Gasteiger partial charge in [0.25, 0.3) is 0 Å². The molecule has 0 spiro atoms. The summed E-state index contributed by atoms with van der Waals surface area (Å²) in [6.45, 7) is 4.38. The van der Waals surface area contributed by atoms with Crippen LogP contribution < -0.4 is 10.2 Å². The molecule has 0 radical (unpaired) electrons. The van der Waals surface area contributed by atoms with Crippen molar-refractivity contribution in [3.63, 3.8) is 0 Å². The summed E-state index contributed by atoms with van der Waals surface area (Å²) in [5.74, 6) is -2.82. The lowest BCUT2D eigenvalue weighted by Gasteiger charge is -2.29. The Hall–Kier alpha value is -2.88. The molecule has 3 heterocycles. The summed E-state index contributed by atoms with van der Waals surface area (Å²) in [6.07, 6.45) is 7.14. The van der Waals surface area contributed by atoms with Gasteiger partial charge in [-0.2, -0.15) is 10.1 Å². The molecule has 1 saturated carbocycles. The molecule has 1 N–H and O–H groups in total. The van der Waals surface area contributed by atoms with E-state index in [9.17, 15) is 13.2 Å². The van der Waals surface area contributed by atoms with Crippen molar-refractivity contribution >= 4 is 23.2 Å². The molecular weight excluding hydrogens is 491 g/mol. The lowest BCUT2D eigenvalue weighted by Crippen LogP contribution is -2.36. The summed E-state index contributed by atoms with van der Waals surface area (Å²) in [4.78, 5) is 6.98. The number of nitrogens with zero attached hydrogens (tertiary/aromatic N) is 6. The summed E-state index contributed by atoms with van der Waals surface area (Å²) >= 11 is 6.05. The predicted octanol–water partition coefficient (Wildman–Crippen LogP) is 5.56. The van der Waals surface area contributed by atoms with E-state index >= 15 is 0 Å². The highest BCUT2D eigenvalue weighted by Crippen LogP contribution is 2.36. The van der Waals surface area contributed by atoms with Crippen LogP contribution in [0.2, 0.25) is 5.15 Å². The Morgan fingerprint density at radius 1 is 1.11 bits per heavy atom. The summed E-state index contributed by atoms with van der Waals surface area (Å²) in [6, 6.07) is 4.30. The largest absolute Gasteiger partial charge is 0.370 e. The van der Waals surface area contributed by atoms with E-state index in [4.69, 9.17) is 16.6 Å². The van der Waals surface area contributed by atoms with E-state index in [0.717, 1.165) is 56.9 Å². The third kappa shape index (κ3) is 5.00. The zero-order valence-electron chi connectivity index (χ0n) is 20.1. The van der Waals surface area contributed by atoms with E-state index in [0.29, 0.717) is 35.8 Å². The Balaban J connectivity index is 1.35. The lowest BCUT2D eigenvalue weighted by atomic mass is 9.93. The highest BCUT2D eigenvalue weighted by Gasteiger charge is 2.32. The van der Waals surface area contributed by atoms with Crippen LogP contribution in [0.15, 0.2) is 24.4 Å². The van der Waals surface area contributed by atoms with Crippen LogP contribution in [0.4, 0.5) is 24.8 Å². The zero-order chi connectivity index (χ0) is 25.2. The number of nitrogens with one attached hydrogen (secondary N) is 1. The highest BCUT2D eigenvalue weighted by atomic mass is 35.5. The molecule has 0 amide bonds. The number of aromatic nitrogens is 5. The van der Waals surface area contributed by atoms with Crippen LogP contribution in [-0.2, 0) is 6.54 Å². The highest BCUT2D eigenvalue weighted by molar-refractivity contribution is 6.29. The van der Waals surface area contributed by atoms with Crippen LogP contribution in [0.25, 0.3) is 0 Å². The third-order valence-corrected chi connectivity index (χ3v) is 7.54. The summed E-state index contributed by atoms with van der Waals surface area (Å²) in [5, 5.41) is 16.4. The standard InChI is InChI=1S/C25H29ClF3N7/c1-2-35(16-12-21(26)33-30-13-16)14-15-6-5-8-20(15)31-25-32-24-18(7-3-4-11-36(24)34-25)17-9-10-19(27)23(29)22(17)28/h9-10,12-13,15,18,20H,2-8,11,14H2,1H3,(H,31,34)/t15-,18?,20+/m1/s1. The molecule has 5 rings (SSSR count). The Bertz CT molecular complexity index is 1220. The second-order valence-electron chi connectivity index (χ2n) is 9.55. The number of halogens is 4. The summed E-state index contributed by atoms with van der Waals surface area (Å²) in [5.41, 5.74) is 1.06.